The number of aromatic nitrogens is 1. The van der Waals surface area contributed by atoms with Gasteiger partial charge in [0.2, 0.25) is 5.95 Å². The lowest BCUT2D eigenvalue weighted by Crippen LogP contribution is -2.12. The molecule has 7 heteroatoms. The van der Waals surface area contributed by atoms with Crippen molar-refractivity contribution in [1.29, 1.82) is 0 Å². The first-order valence-corrected chi connectivity index (χ1v) is 6.29. The van der Waals surface area contributed by atoms with Crippen LogP contribution in [0.2, 0.25) is 0 Å². The number of rotatable bonds is 5. The van der Waals surface area contributed by atoms with E-state index in [-0.39, 0.29) is 29.5 Å². The van der Waals surface area contributed by atoms with Crippen molar-refractivity contribution in [3.63, 3.8) is 0 Å². The van der Waals surface area contributed by atoms with Crippen LogP contribution in [0.25, 0.3) is 0 Å². The third-order valence-corrected chi connectivity index (χ3v) is 2.82. The van der Waals surface area contributed by atoms with E-state index in [0.717, 1.165) is 6.20 Å². The minimum absolute atomic E-state index is 0.0147. The standard InChI is InChI=1S/C11H11BrF3NO2/c1-2-18-8(17)3-6-5-16-11(15)9(10(13)14)7(6)4-12/h5,10H,2-4H2,1H3. The maximum absolute atomic E-state index is 13.2. The number of ether oxygens (including phenoxy) is 1. The molecule has 0 radical (unpaired) electrons. The highest BCUT2D eigenvalue weighted by molar-refractivity contribution is 9.08. The van der Waals surface area contributed by atoms with E-state index in [1.807, 2.05) is 0 Å². The predicted molar refractivity (Wildman–Crippen MR) is 62.1 cm³/mol. The zero-order chi connectivity index (χ0) is 13.7. The molecule has 3 nitrogen and oxygen atoms in total. The van der Waals surface area contributed by atoms with Crippen molar-refractivity contribution in [3.05, 3.63) is 28.8 Å². The molecule has 0 saturated heterocycles. The SMILES string of the molecule is CCOC(=O)Cc1cnc(F)c(C(F)F)c1CBr. The third-order valence-electron chi connectivity index (χ3n) is 2.26. The minimum atomic E-state index is -2.98. The Morgan fingerprint density at radius 1 is 1.56 bits per heavy atom. The number of halogens is 4. The molecule has 0 aliphatic heterocycles. The molecule has 0 amide bonds. The average molecular weight is 326 g/mol. The lowest BCUT2D eigenvalue weighted by atomic mass is 10.0. The van der Waals surface area contributed by atoms with Crippen molar-refractivity contribution in [2.45, 2.75) is 25.1 Å². The molecule has 18 heavy (non-hydrogen) atoms. The molecule has 1 rings (SSSR count). The molecule has 1 aromatic heterocycles. The van der Waals surface area contributed by atoms with Crippen LogP contribution in [0.4, 0.5) is 13.2 Å². The van der Waals surface area contributed by atoms with Crippen LogP contribution < -0.4 is 0 Å². The number of carbonyl (C=O) groups is 1. The monoisotopic (exact) mass is 325 g/mol. The van der Waals surface area contributed by atoms with Crippen LogP contribution in [0.3, 0.4) is 0 Å². The van der Waals surface area contributed by atoms with Crippen LogP contribution in [0.1, 0.15) is 30.0 Å². The van der Waals surface area contributed by atoms with E-state index >= 15 is 0 Å². The molecule has 0 aromatic carbocycles. The summed E-state index contributed by atoms with van der Waals surface area (Å²) in [6, 6.07) is 0. The minimum Gasteiger partial charge on any atom is -0.466 e. The fourth-order valence-electron chi connectivity index (χ4n) is 1.48. The summed E-state index contributed by atoms with van der Waals surface area (Å²) in [4.78, 5) is 14.5. The van der Waals surface area contributed by atoms with Crippen LogP contribution in [-0.2, 0) is 21.3 Å². The highest BCUT2D eigenvalue weighted by atomic mass is 79.9. The number of esters is 1. The highest BCUT2D eigenvalue weighted by Crippen LogP contribution is 2.29. The molecule has 0 bridgehead atoms. The second-order valence-electron chi connectivity index (χ2n) is 3.38. The van der Waals surface area contributed by atoms with Gasteiger partial charge in [-0.15, -0.1) is 0 Å². The Kier molecular flexibility index (Phi) is 5.58. The van der Waals surface area contributed by atoms with Gasteiger partial charge < -0.3 is 4.74 Å². The second kappa shape index (κ2) is 6.72. The molecule has 0 fully saturated rings. The van der Waals surface area contributed by atoms with Gasteiger partial charge in [0, 0.05) is 11.5 Å². The van der Waals surface area contributed by atoms with E-state index < -0.39 is 23.9 Å². The molecular weight excluding hydrogens is 315 g/mol. The Labute approximate surface area is 110 Å². The topological polar surface area (TPSA) is 39.2 Å². The molecule has 1 heterocycles. The number of alkyl halides is 3. The number of hydrogen-bond donors (Lipinski definition) is 0. The molecule has 1 aromatic rings. The predicted octanol–water partition coefficient (Wildman–Crippen LogP) is 3.16. The third kappa shape index (κ3) is 3.44. The van der Waals surface area contributed by atoms with Gasteiger partial charge in [0.1, 0.15) is 0 Å². The number of pyridine rings is 1. The summed E-state index contributed by atoms with van der Waals surface area (Å²) in [5.41, 5.74) is -0.485. The molecule has 0 atom stereocenters. The fraction of sp³-hybridized carbons (Fsp3) is 0.455. The van der Waals surface area contributed by atoms with Crippen LogP contribution in [0.5, 0.6) is 0 Å². The summed E-state index contributed by atoms with van der Waals surface area (Å²) in [5.74, 6) is -1.78. The summed E-state index contributed by atoms with van der Waals surface area (Å²) < 4.78 is 43.4. The van der Waals surface area contributed by atoms with E-state index in [0.29, 0.717) is 0 Å². The molecule has 0 spiro atoms. The van der Waals surface area contributed by atoms with E-state index in [1.54, 1.807) is 6.92 Å². The molecule has 100 valence electrons. The van der Waals surface area contributed by atoms with Crippen LogP contribution in [0.15, 0.2) is 6.20 Å². The van der Waals surface area contributed by atoms with Crippen LogP contribution in [-0.4, -0.2) is 17.6 Å². The van der Waals surface area contributed by atoms with Gasteiger partial charge in [0.05, 0.1) is 18.6 Å². The Morgan fingerprint density at radius 3 is 2.72 bits per heavy atom. The largest absolute Gasteiger partial charge is 0.466 e. The van der Waals surface area contributed by atoms with Crippen LogP contribution in [0, 0.1) is 5.95 Å². The second-order valence-corrected chi connectivity index (χ2v) is 3.94. The molecule has 0 unspecified atom stereocenters. The quantitative estimate of drug-likeness (QED) is 0.474. The number of carbonyl (C=O) groups excluding carboxylic acids is 1. The van der Waals surface area contributed by atoms with Gasteiger partial charge in [0.25, 0.3) is 6.43 Å². The lowest BCUT2D eigenvalue weighted by molar-refractivity contribution is -0.142. The van der Waals surface area contributed by atoms with E-state index in [2.05, 4.69) is 20.9 Å². The van der Waals surface area contributed by atoms with Gasteiger partial charge in [0.15, 0.2) is 0 Å². The number of hydrogen-bond acceptors (Lipinski definition) is 3. The molecule has 0 aliphatic carbocycles. The van der Waals surface area contributed by atoms with Gasteiger partial charge in [-0.3, -0.25) is 4.79 Å². The first kappa shape index (κ1) is 14.9. The Balaban J connectivity index is 3.13. The van der Waals surface area contributed by atoms with Crippen molar-refractivity contribution in [1.82, 2.24) is 4.98 Å². The Bertz CT molecular complexity index is 441. The smallest absolute Gasteiger partial charge is 0.310 e. The Morgan fingerprint density at radius 2 is 2.22 bits per heavy atom. The summed E-state index contributed by atoms with van der Waals surface area (Å²) in [7, 11) is 0. The van der Waals surface area contributed by atoms with Crippen LogP contribution >= 0.6 is 15.9 Å². The van der Waals surface area contributed by atoms with E-state index in [9.17, 15) is 18.0 Å². The van der Waals surface area contributed by atoms with Gasteiger partial charge in [-0.05, 0) is 18.1 Å². The first-order chi connectivity index (χ1) is 8.51. The van der Waals surface area contributed by atoms with Gasteiger partial charge in [-0.1, -0.05) is 15.9 Å². The average Bonchev–Trinajstić information content (AvgIpc) is 2.30. The van der Waals surface area contributed by atoms with Gasteiger partial charge in [-0.2, -0.15) is 4.39 Å². The summed E-state index contributed by atoms with van der Waals surface area (Å²) in [5, 5.41) is 0.0147. The maximum Gasteiger partial charge on any atom is 0.310 e. The van der Waals surface area contributed by atoms with Gasteiger partial charge in [-0.25, -0.2) is 13.8 Å². The van der Waals surface area contributed by atoms with Crippen molar-refractivity contribution in [3.8, 4) is 0 Å². The van der Waals surface area contributed by atoms with Crippen molar-refractivity contribution in [2.75, 3.05) is 6.61 Å². The molecular formula is C11H11BrF3NO2. The zero-order valence-electron chi connectivity index (χ0n) is 9.55. The summed E-state index contributed by atoms with van der Waals surface area (Å²) in [6.07, 6.45) is -2.11. The van der Waals surface area contributed by atoms with Crippen molar-refractivity contribution >= 4 is 21.9 Å². The molecule has 0 N–H and O–H groups in total. The molecule has 0 saturated carbocycles. The molecule has 0 aliphatic rings. The number of nitrogens with zero attached hydrogens (tertiary/aromatic N) is 1. The lowest BCUT2D eigenvalue weighted by Gasteiger charge is -2.12. The van der Waals surface area contributed by atoms with Gasteiger partial charge >= 0.3 is 5.97 Å². The fourth-order valence-corrected chi connectivity index (χ4v) is 2.14. The normalized spacial score (nSPS) is 10.8. The zero-order valence-corrected chi connectivity index (χ0v) is 11.1. The summed E-state index contributed by atoms with van der Waals surface area (Å²) >= 11 is 3.01. The maximum atomic E-state index is 13.2. The first-order valence-electron chi connectivity index (χ1n) is 5.17. The van der Waals surface area contributed by atoms with E-state index in [4.69, 9.17) is 4.74 Å². The van der Waals surface area contributed by atoms with Crippen molar-refractivity contribution in [2.24, 2.45) is 0 Å². The highest BCUT2D eigenvalue weighted by Gasteiger charge is 2.23. The van der Waals surface area contributed by atoms with E-state index in [1.165, 1.54) is 0 Å². The Hall–Kier alpha value is -1.11. The summed E-state index contributed by atoms with van der Waals surface area (Å²) in [6.45, 7) is 1.83. The van der Waals surface area contributed by atoms with Crippen molar-refractivity contribution < 1.29 is 22.7 Å².